The van der Waals surface area contributed by atoms with Crippen molar-refractivity contribution in [3.8, 4) is 5.75 Å². The number of hydrogen-bond acceptors (Lipinski definition) is 2. The Morgan fingerprint density at radius 3 is 2.69 bits per heavy atom. The van der Waals surface area contributed by atoms with E-state index in [0.717, 1.165) is 29.2 Å². The molecule has 1 unspecified atom stereocenters. The molecule has 26 heavy (non-hydrogen) atoms. The molecule has 1 N–H and O–H groups in total. The van der Waals surface area contributed by atoms with Crippen LogP contribution in [-0.2, 0) is 6.54 Å². The summed E-state index contributed by atoms with van der Waals surface area (Å²) in [5.41, 5.74) is 2.96. The molecule has 1 aromatic heterocycles. The van der Waals surface area contributed by atoms with Gasteiger partial charge in [-0.05, 0) is 29.8 Å². The number of carbonyl (C=O) groups is 1. The van der Waals surface area contributed by atoms with Gasteiger partial charge in [-0.25, -0.2) is 4.79 Å². The first kappa shape index (κ1) is 16.3. The minimum Gasteiger partial charge on any atom is -0.497 e. The summed E-state index contributed by atoms with van der Waals surface area (Å²) in [5, 5.41) is 3.01. The van der Waals surface area contributed by atoms with E-state index in [4.69, 9.17) is 4.74 Å². The standard InChI is InChI=1S/C21H21N3O2/c1-26-18-10-5-9-17(15-18)22-21(25)24-14-13-23-12-6-11-19(23)20(24)16-7-3-2-4-8-16/h2-12,15,20H,13-14H2,1H3,(H,22,25). The summed E-state index contributed by atoms with van der Waals surface area (Å²) >= 11 is 0. The van der Waals surface area contributed by atoms with E-state index in [2.05, 4.69) is 34.3 Å². The zero-order chi connectivity index (χ0) is 17.9. The SMILES string of the molecule is COc1cccc(NC(=O)N2CCn3cccc3C2c2ccccc2)c1. The Morgan fingerprint density at radius 1 is 1.04 bits per heavy atom. The summed E-state index contributed by atoms with van der Waals surface area (Å²) in [4.78, 5) is 14.9. The van der Waals surface area contributed by atoms with Gasteiger partial charge in [-0.3, -0.25) is 0 Å². The number of anilines is 1. The minimum atomic E-state index is -0.112. The zero-order valence-electron chi connectivity index (χ0n) is 14.6. The number of carbonyl (C=O) groups excluding carboxylic acids is 1. The normalized spacial score (nSPS) is 16.0. The number of nitrogens with zero attached hydrogens (tertiary/aromatic N) is 2. The lowest BCUT2D eigenvalue weighted by atomic mass is 10.0. The van der Waals surface area contributed by atoms with Crippen LogP contribution < -0.4 is 10.1 Å². The first-order chi connectivity index (χ1) is 12.8. The van der Waals surface area contributed by atoms with Gasteiger partial charge in [0.25, 0.3) is 0 Å². The van der Waals surface area contributed by atoms with E-state index in [1.165, 1.54) is 0 Å². The predicted octanol–water partition coefficient (Wildman–Crippen LogP) is 4.13. The molecule has 1 atom stereocenters. The third kappa shape index (κ3) is 3.04. The van der Waals surface area contributed by atoms with Gasteiger partial charge in [0, 0.05) is 36.7 Å². The fourth-order valence-electron chi connectivity index (χ4n) is 3.48. The number of benzene rings is 2. The van der Waals surface area contributed by atoms with E-state index in [1.54, 1.807) is 7.11 Å². The number of aromatic nitrogens is 1. The van der Waals surface area contributed by atoms with Gasteiger partial charge in [0.2, 0.25) is 0 Å². The predicted molar refractivity (Wildman–Crippen MR) is 101 cm³/mol. The number of amides is 2. The van der Waals surface area contributed by atoms with Crippen LogP contribution in [0.5, 0.6) is 5.75 Å². The average Bonchev–Trinajstić information content (AvgIpc) is 3.16. The average molecular weight is 347 g/mol. The first-order valence-electron chi connectivity index (χ1n) is 8.68. The molecule has 5 heteroatoms. The molecule has 132 valence electrons. The maximum absolute atomic E-state index is 13.0. The molecule has 0 bridgehead atoms. The van der Waals surface area contributed by atoms with Crippen molar-refractivity contribution in [2.45, 2.75) is 12.6 Å². The fraction of sp³-hybridized carbons (Fsp3) is 0.190. The van der Waals surface area contributed by atoms with Crippen LogP contribution in [0.1, 0.15) is 17.3 Å². The third-order valence-electron chi connectivity index (χ3n) is 4.74. The van der Waals surface area contributed by atoms with Crippen LogP contribution in [0, 0.1) is 0 Å². The maximum atomic E-state index is 13.0. The zero-order valence-corrected chi connectivity index (χ0v) is 14.6. The third-order valence-corrected chi connectivity index (χ3v) is 4.74. The summed E-state index contributed by atoms with van der Waals surface area (Å²) in [7, 11) is 1.62. The van der Waals surface area contributed by atoms with Crippen molar-refractivity contribution in [1.82, 2.24) is 9.47 Å². The molecule has 2 amide bonds. The van der Waals surface area contributed by atoms with E-state index in [-0.39, 0.29) is 12.1 Å². The molecule has 1 aliphatic heterocycles. The smallest absolute Gasteiger partial charge is 0.322 e. The molecular weight excluding hydrogens is 326 g/mol. The largest absolute Gasteiger partial charge is 0.497 e. The van der Waals surface area contributed by atoms with Gasteiger partial charge in [0.1, 0.15) is 5.75 Å². The van der Waals surface area contributed by atoms with Gasteiger partial charge in [0.15, 0.2) is 0 Å². The molecule has 3 aromatic rings. The van der Waals surface area contributed by atoms with Crippen LogP contribution in [-0.4, -0.2) is 29.2 Å². The van der Waals surface area contributed by atoms with Crippen LogP contribution in [0.3, 0.4) is 0 Å². The highest BCUT2D eigenvalue weighted by atomic mass is 16.5. The van der Waals surface area contributed by atoms with E-state index < -0.39 is 0 Å². The summed E-state index contributed by atoms with van der Waals surface area (Å²) in [6, 6.07) is 21.5. The van der Waals surface area contributed by atoms with Gasteiger partial charge in [-0.15, -0.1) is 0 Å². The molecular formula is C21H21N3O2. The van der Waals surface area contributed by atoms with E-state index >= 15 is 0 Å². The van der Waals surface area contributed by atoms with Crippen molar-refractivity contribution < 1.29 is 9.53 Å². The second kappa shape index (κ2) is 6.96. The number of nitrogens with one attached hydrogen (secondary N) is 1. The molecule has 4 rings (SSSR count). The van der Waals surface area contributed by atoms with Crippen molar-refractivity contribution >= 4 is 11.7 Å². The van der Waals surface area contributed by atoms with Crippen LogP contribution in [0.15, 0.2) is 72.9 Å². The number of fused-ring (bicyclic) bond motifs is 1. The highest BCUT2D eigenvalue weighted by molar-refractivity contribution is 5.90. The van der Waals surface area contributed by atoms with Crippen molar-refractivity contribution in [2.75, 3.05) is 19.0 Å². The lowest BCUT2D eigenvalue weighted by molar-refractivity contribution is 0.182. The highest BCUT2D eigenvalue weighted by Gasteiger charge is 2.32. The molecule has 0 fully saturated rings. The van der Waals surface area contributed by atoms with Crippen molar-refractivity contribution in [3.63, 3.8) is 0 Å². The highest BCUT2D eigenvalue weighted by Crippen LogP contribution is 2.32. The van der Waals surface area contributed by atoms with Gasteiger partial charge >= 0.3 is 6.03 Å². The number of methoxy groups -OCH3 is 1. The van der Waals surface area contributed by atoms with Crippen LogP contribution >= 0.6 is 0 Å². The minimum absolute atomic E-state index is 0.106. The number of ether oxygens (including phenoxy) is 1. The van der Waals surface area contributed by atoms with Gasteiger partial charge in [0.05, 0.1) is 13.2 Å². The van der Waals surface area contributed by atoms with Crippen LogP contribution in [0.2, 0.25) is 0 Å². The Balaban J connectivity index is 1.64. The first-order valence-corrected chi connectivity index (χ1v) is 8.68. The number of rotatable bonds is 3. The molecule has 0 saturated carbocycles. The fourth-order valence-corrected chi connectivity index (χ4v) is 3.48. The monoisotopic (exact) mass is 347 g/mol. The molecule has 0 radical (unpaired) electrons. The Labute approximate surface area is 152 Å². The molecule has 0 spiro atoms. The Kier molecular flexibility index (Phi) is 4.35. The van der Waals surface area contributed by atoms with Crippen LogP contribution in [0.4, 0.5) is 10.5 Å². The number of urea groups is 1. The maximum Gasteiger partial charge on any atom is 0.322 e. The topological polar surface area (TPSA) is 46.5 Å². The summed E-state index contributed by atoms with van der Waals surface area (Å²) < 4.78 is 7.46. The Morgan fingerprint density at radius 2 is 1.88 bits per heavy atom. The van der Waals surface area contributed by atoms with E-state index in [0.29, 0.717) is 6.54 Å². The Bertz CT molecular complexity index is 904. The van der Waals surface area contributed by atoms with Gasteiger partial charge in [-0.1, -0.05) is 36.4 Å². The molecule has 0 saturated heterocycles. The van der Waals surface area contributed by atoms with Crippen molar-refractivity contribution in [1.29, 1.82) is 0 Å². The van der Waals surface area contributed by atoms with Crippen molar-refractivity contribution in [3.05, 3.63) is 84.2 Å². The summed E-state index contributed by atoms with van der Waals surface area (Å²) in [6.07, 6.45) is 2.07. The van der Waals surface area contributed by atoms with E-state index in [1.807, 2.05) is 53.4 Å². The molecule has 1 aliphatic rings. The summed E-state index contributed by atoms with van der Waals surface area (Å²) in [5.74, 6) is 0.718. The second-order valence-corrected chi connectivity index (χ2v) is 6.30. The van der Waals surface area contributed by atoms with Crippen molar-refractivity contribution in [2.24, 2.45) is 0 Å². The Hall–Kier alpha value is -3.21. The molecule has 2 heterocycles. The second-order valence-electron chi connectivity index (χ2n) is 6.30. The van der Waals surface area contributed by atoms with Crippen LogP contribution in [0.25, 0.3) is 0 Å². The molecule has 2 aromatic carbocycles. The lowest BCUT2D eigenvalue weighted by Gasteiger charge is -2.37. The van der Waals surface area contributed by atoms with E-state index in [9.17, 15) is 4.79 Å². The molecule has 5 nitrogen and oxygen atoms in total. The quantitative estimate of drug-likeness (QED) is 0.774. The molecule has 0 aliphatic carbocycles. The van der Waals surface area contributed by atoms with Gasteiger partial charge < -0.3 is 19.5 Å². The number of hydrogen-bond donors (Lipinski definition) is 1. The summed E-state index contributed by atoms with van der Waals surface area (Å²) in [6.45, 7) is 1.44. The lowest BCUT2D eigenvalue weighted by Crippen LogP contribution is -2.44. The van der Waals surface area contributed by atoms with Gasteiger partial charge in [-0.2, -0.15) is 0 Å².